The molecule has 3 unspecified atom stereocenters. The highest BCUT2D eigenvalue weighted by molar-refractivity contribution is 5.38. The molecule has 3 aliphatic carbocycles. The highest BCUT2D eigenvalue weighted by Gasteiger charge is 2.51. The summed E-state index contributed by atoms with van der Waals surface area (Å²) in [5.74, 6) is 2.66. The summed E-state index contributed by atoms with van der Waals surface area (Å²) in [5.41, 5.74) is 3.12. The second-order valence-electron chi connectivity index (χ2n) is 11.9. The molecule has 0 bridgehead atoms. The lowest BCUT2D eigenvalue weighted by atomic mass is 9.59. The zero-order valence-electron chi connectivity index (χ0n) is 20.5. The number of aliphatic hydroxyl groups excluding tert-OH is 2. The van der Waals surface area contributed by atoms with E-state index >= 15 is 0 Å². The maximum atomic E-state index is 10.2. The summed E-state index contributed by atoms with van der Waals surface area (Å²) >= 11 is 0. The van der Waals surface area contributed by atoms with Crippen molar-refractivity contribution in [3.05, 3.63) is 35.5 Å². The summed E-state index contributed by atoms with van der Waals surface area (Å²) in [7, 11) is 0. The Bertz CT molecular complexity index is 712. The topological polar surface area (TPSA) is 60.7 Å². The van der Waals surface area contributed by atoms with Gasteiger partial charge in [0.2, 0.25) is 0 Å². The average Bonchev–Trinajstić information content (AvgIpc) is 3.04. The van der Waals surface area contributed by atoms with Crippen LogP contribution in [0.3, 0.4) is 0 Å². The predicted molar refractivity (Wildman–Crippen MR) is 129 cm³/mol. The van der Waals surface area contributed by atoms with Gasteiger partial charge in [0.05, 0.1) is 17.8 Å². The Morgan fingerprint density at radius 3 is 2.58 bits per heavy atom. The lowest BCUT2D eigenvalue weighted by molar-refractivity contribution is 0.0447. The molecule has 0 amide bonds. The highest BCUT2D eigenvalue weighted by atomic mass is 16.3. The first kappa shape index (κ1) is 24.7. The Labute approximate surface area is 190 Å². The molecule has 3 N–H and O–H groups in total. The van der Waals surface area contributed by atoms with E-state index in [0.717, 1.165) is 36.3 Å². The van der Waals surface area contributed by atoms with Crippen molar-refractivity contribution in [3.8, 4) is 0 Å². The summed E-state index contributed by atoms with van der Waals surface area (Å²) in [6, 6.07) is 0. The fraction of sp³-hybridized carbons (Fsp3) is 0.786. The van der Waals surface area contributed by atoms with Crippen LogP contribution in [0.15, 0.2) is 35.5 Å². The van der Waals surface area contributed by atoms with E-state index in [1.165, 1.54) is 25.7 Å². The van der Waals surface area contributed by atoms with Crippen molar-refractivity contribution in [2.24, 2.45) is 29.1 Å². The lowest BCUT2D eigenvalue weighted by Gasteiger charge is -2.45. The Hall–Kier alpha value is -0.900. The molecule has 3 saturated carbocycles. The molecule has 3 rings (SSSR count). The van der Waals surface area contributed by atoms with Gasteiger partial charge in [-0.2, -0.15) is 0 Å². The first-order chi connectivity index (χ1) is 14.4. The Balaban J connectivity index is 1.74. The molecule has 0 radical (unpaired) electrons. The number of hydrogen-bond donors (Lipinski definition) is 3. The van der Waals surface area contributed by atoms with Gasteiger partial charge < -0.3 is 15.3 Å². The molecule has 0 saturated heterocycles. The average molecular weight is 431 g/mol. The van der Waals surface area contributed by atoms with Gasteiger partial charge in [-0.3, -0.25) is 0 Å². The third-order valence-electron chi connectivity index (χ3n) is 9.05. The highest BCUT2D eigenvalue weighted by Crippen LogP contribution is 2.60. The van der Waals surface area contributed by atoms with Gasteiger partial charge in [0.1, 0.15) is 0 Å². The van der Waals surface area contributed by atoms with Gasteiger partial charge in [0, 0.05) is 6.42 Å². The predicted octanol–water partition coefficient (Wildman–Crippen LogP) is 5.95. The van der Waals surface area contributed by atoms with Gasteiger partial charge >= 0.3 is 0 Å². The van der Waals surface area contributed by atoms with E-state index in [4.69, 9.17) is 0 Å². The van der Waals surface area contributed by atoms with Crippen LogP contribution in [0.4, 0.5) is 0 Å². The molecule has 3 nitrogen and oxygen atoms in total. The fourth-order valence-electron chi connectivity index (χ4n) is 6.85. The zero-order chi connectivity index (χ0) is 23.0. The Kier molecular flexibility index (Phi) is 7.61. The third-order valence-corrected chi connectivity index (χ3v) is 9.05. The van der Waals surface area contributed by atoms with Crippen LogP contribution in [-0.2, 0) is 0 Å². The van der Waals surface area contributed by atoms with Crippen LogP contribution in [0, 0.1) is 29.1 Å². The monoisotopic (exact) mass is 430 g/mol. The van der Waals surface area contributed by atoms with Crippen LogP contribution in [0.2, 0.25) is 0 Å². The standard InChI is InChI=1S/C28H46O3/c1-18(13-15-27(4,5)31)19(2)24-11-12-25-21(8-7-14-28(24,25)6)9-10-22-16-23(29)17-26(30)20(22)3/h9-10,18-19,23-26,29-31H,3,7-8,11-17H2,1-2,4-6H3/b21-9+,22-10-/t18-,19+,23-,24?,25?,26+,28?/m1/s1. The van der Waals surface area contributed by atoms with Gasteiger partial charge in [0.25, 0.3) is 0 Å². The van der Waals surface area contributed by atoms with Crippen LogP contribution in [0.1, 0.15) is 92.4 Å². The number of rotatable bonds is 6. The minimum atomic E-state index is -0.618. The van der Waals surface area contributed by atoms with Crippen molar-refractivity contribution in [3.63, 3.8) is 0 Å². The van der Waals surface area contributed by atoms with Gasteiger partial charge in [0.15, 0.2) is 0 Å². The van der Waals surface area contributed by atoms with E-state index in [1.807, 2.05) is 13.8 Å². The number of allylic oxidation sites excluding steroid dienone is 3. The molecule has 31 heavy (non-hydrogen) atoms. The molecule has 7 atom stereocenters. The van der Waals surface area contributed by atoms with Crippen molar-refractivity contribution in [1.82, 2.24) is 0 Å². The molecule has 3 heteroatoms. The van der Waals surface area contributed by atoms with E-state index in [2.05, 4.69) is 39.5 Å². The molecule has 3 aliphatic rings. The molecular weight excluding hydrogens is 384 g/mol. The van der Waals surface area contributed by atoms with Crippen LogP contribution in [0.25, 0.3) is 0 Å². The van der Waals surface area contributed by atoms with Crippen LogP contribution >= 0.6 is 0 Å². The normalized spacial score (nSPS) is 39.0. The molecule has 0 aromatic heterocycles. The third kappa shape index (κ3) is 5.54. The zero-order valence-corrected chi connectivity index (χ0v) is 20.5. The number of aliphatic hydroxyl groups is 3. The molecule has 0 aliphatic heterocycles. The van der Waals surface area contributed by atoms with Crippen LogP contribution in [0.5, 0.6) is 0 Å². The van der Waals surface area contributed by atoms with E-state index < -0.39 is 17.8 Å². The smallest absolute Gasteiger partial charge is 0.0811 e. The van der Waals surface area contributed by atoms with Crippen LogP contribution < -0.4 is 0 Å². The molecule has 0 aromatic carbocycles. The van der Waals surface area contributed by atoms with E-state index in [0.29, 0.717) is 36.0 Å². The summed E-state index contributed by atoms with van der Waals surface area (Å²) in [5, 5.41) is 30.4. The van der Waals surface area contributed by atoms with Crippen molar-refractivity contribution < 1.29 is 15.3 Å². The summed E-state index contributed by atoms with van der Waals surface area (Å²) < 4.78 is 0. The van der Waals surface area contributed by atoms with Gasteiger partial charge in [-0.05, 0) is 105 Å². The minimum absolute atomic E-state index is 0.355. The molecule has 0 heterocycles. The lowest BCUT2D eigenvalue weighted by Crippen LogP contribution is -2.37. The molecule has 3 fully saturated rings. The number of hydrogen-bond acceptors (Lipinski definition) is 3. The Morgan fingerprint density at radius 1 is 1.19 bits per heavy atom. The van der Waals surface area contributed by atoms with Crippen molar-refractivity contribution >= 4 is 0 Å². The molecule has 0 spiro atoms. The minimum Gasteiger partial charge on any atom is -0.393 e. The molecular formula is C28H46O3. The molecule has 176 valence electrons. The van der Waals surface area contributed by atoms with Gasteiger partial charge in [-0.1, -0.05) is 45.1 Å². The van der Waals surface area contributed by atoms with Crippen molar-refractivity contribution in [2.75, 3.05) is 0 Å². The van der Waals surface area contributed by atoms with E-state index in [9.17, 15) is 15.3 Å². The summed E-state index contributed by atoms with van der Waals surface area (Å²) in [6.07, 6.45) is 12.6. The van der Waals surface area contributed by atoms with E-state index in [1.54, 1.807) is 5.57 Å². The fourth-order valence-corrected chi connectivity index (χ4v) is 6.85. The van der Waals surface area contributed by atoms with E-state index in [-0.39, 0.29) is 0 Å². The van der Waals surface area contributed by atoms with Crippen molar-refractivity contribution in [2.45, 2.75) is 110 Å². The number of fused-ring (bicyclic) bond motifs is 1. The Morgan fingerprint density at radius 2 is 1.90 bits per heavy atom. The summed E-state index contributed by atoms with van der Waals surface area (Å²) in [6.45, 7) is 15.3. The van der Waals surface area contributed by atoms with Crippen LogP contribution in [-0.4, -0.2) is 33.1 Å². The van der Waals surface area contributed by atoms with Gasteiger partial charge in [-0.25, -0.2) is 0 Å². The van der Waals surface area contributed by atoms with Gasteiger partial charge in [-0.15, -0.1) is 0 Å². The SMILES string of the molecule is C=C1/C(=C\C=C2/CCCC3(C)C2CCC3[C@@H](C)[C@H](C)CCC(C)(C)O)C[C@@H](O)C[C@@H]1O. The maximum Gasteiger partial charge on any atom is 0.0811 e. The first-order valence-corrected chi connectivity index (χ1v) is 12.6. The second kappa shape index (κ2) is 9.53. The first-order valence-electron chi connectivity index (χ1n) is 12.6. The van der Waals surface area contributed by atoms with Crippen molar-refractivity contribution in [1.29, 1.82) is 0 Å². The molecule has 0 aromatic rings. The second-order valence-corrected chi connectivity index (χ2v) is 11.9. The largest absolute Gasteiger partial charge is 0.393 e. The summed E-state index contributed by atoms with van der Waals surface area (Å²) in [4.78, 5) is 0. The quantitative estimate of drug-likeness (QED) is 0.488. The maximum absolute atomic E-state index is 10.2.